The molecule has 80 valence electrons. The van der Waals surface area contributed by atoms with Gasteiger partial charge in [0.05, 0.1) is 5.25 Å². The van der Waals surface area contributed by atoms with Gasteiger partial charge in [0.2, 0.25) is 0 Å². The Kier molecular flexibility index (Phi) is 3.60. The maximum atomic E-state index is 12.0. The highest BCUT2D eigenvalue weighted by Gasteiger charge is 2.24. The van der Waals surface area contributed by atoms with Crippen molar-refractivity contribution < 1.29 is 4.79 Å². The summed E-state index contributed by atoms with van der Waals surface area (Å²) in [7, 11) is 0. The zero-order valence-corrected chi connectivity index (χ0v) is 10.3. The minimum absolute atomic E-state index is 0.0968. The molecule has 0 saturated carbocycles. The number of Topliss-reactive ketones (excluding diaryl/α,β-unsaturated/α-hetero) is 1. The maximum Gasteiger partial charge on any atom is 0.175 e. The molecule has 1 fully saturated rings. The van der Waals surface area contributed by atoms with E-state index in [1.165, 1.54) is 0 Å². The van der Waals surface area contributed by atoms with Crippen LogP contribution in [-0.4, -0.2) is 16.8 Å². The van der Waals surface area contributed by atoms with Crippen LogP contribution in [0.1, 0.15) is 23.2 Å². The largest absolute Gasteiger partial charge is 0.293 e. The van der Waals surface area contributed by atoms with Crippen LogP contribution in [0.2, 0.25) is 10.0 Å². The summed E-state index contributed by atoms with van der Waals surface area (Å²) in [6.07, 6.45) is 2.09. The predicted molar refractivity (Wildman–Crippen MR) is 66.3 cm³/mol. The van der Waals surface area contributed by atoms with Gasteiger partial charge in [-0.25, -0.2) is 0 Å². The first-order chi connectivity index (χ1) is 7.16. The molecular formula is C11H10Cl2OS. The molecule has 0 aromatic heterocycles. The van der Waals surface area contributed by atoms with E-state index in [1.54, 1.807) is 30.0 Å². The highest BCUT2D eigenvalue weighted by molar-refractivity contribution is 8.00. The Morgan fingerprint density at radius 3 is 2.47 bits per heavy atom. The van der Waals surface area contributed by atoms with Gasteiger partial charge in [0.1, 0.15) is 0 Å². The third kappa shape index (κ3) is 2.68. The SMILES string of the molecule is O=C(c1cc(Cl)cc(Cl)c1)C1CCCS1. The number of halogens is 2. The maximum absolute atomic E-state index is 12.0. The van der Waals surface area contributed by atoms with E-state index in [2.05, 4.69) is 0 Å². The minimum atomic E-state index is 0.0968. The van der Waals surface area contributed by atoms with Crippen LogP contribution in [0.15, 0.2) is 18.2 Å². The average molecular weight is 261 g/mol. The first-order valence-corrected chi connectivity index (χ1v) is 6.59. The molecule has 0 spiro atoms. The van der Waals surface area contributed by atoms with E-state index in [9.17, 15) is 4.79 Å². The van der Waals surface area contributed by atoms with E-state index in [-0.39, 0.29) is 11.0 Å². The molecule has 2 rings (SSSR count). The lowest BCUT2D eigenvalue weighted by Crippen LogP contribution is -2.13. The van der Waals surface area contributed by atoms with Crippen LogP contribution in [0, 0.1) is 0 Å². The molecule has 15 heavy (non-hydrogen) atoms. The quantitative estimate of drug-likeness (QED) is 0.746. The van der Waals surface area contributed by atoms with Crippen LogP contribution in [-0.2, 0) is 0 Å². The molecule has 1 aromatic carbocycles. The van der Waals surface area contributed by atoms with Gasteiger partial charge in [0, 0.05) is 15.6 Å². The minimum Gasteiger partial charge on any atom is -0.293 e. The zero-order valence-electron chi connectivity index (χ0n) is 8.00. The molecular weight excluding hydrogens is 251 g/mol. The number of benzene rings is 1. The van der Waals surface area contributed by atoms with E-state index in [4.69, 9.17) is 23.2 Å². The molecule has 0 amide bonds. The van der Waals surface area contributed by atoms with Gasteiger partial charge >= 0.3 is 0 Å². The van der Waals surface area contributed by atoms with Crippen LogP contribution in [0.4, 0.5) is 0 Å². The Balaban J connectivity index is 2.24. The average Bonchev–Trinajstić information content (AvgIpc) is 2.67. The summed E-state index contributed by atoms with van der Waals surface area (Å²) in [5.74, 6) is 1.23. The first-order valence-electron chi connectivity index (χ1n) is 4.79. The van der Waals surface area contributed by atoms with E-state index < -0.39 is 0 Å². The summed E-state index contributed by atoms with van der Waals surface area (Å²) in [6, 6.07) is 5.02. The Morgan fingerprint density at radius 2 is 1.93 bits per heavy atom. The third-order valence-electron chi connectivity index (χ3n) is 2.37. The van der Waals surface area contributed by atoms with Gasteiger partial charge in [-0.05, 0) is 36.8 Å². The van der Waals surface area contributed by atoms with Gasteiger partial charge < -0.3 is 0 Å². The van der Waals surface area contributed by atoms with Crippen LogP contribution >= 0.6 is 35.0 Å². The third-order valence-corrected chi connectivity index (χ3v) is 4.18. The molecule has 1 aliphatic rings. The number of ketones is 1. The predicted octanol–water partition coefficient (Wildman–Crippen LogP) is 4.07. The van der Waals surface area contributed by atoms with Crippen molar-refractivity contribution in [1.82, 2.24) is 0 Å². The number of rotatable bonds is 2. The van der Waals surface area contributed by atoms with Crippen LogP contribution < -0.4 is 0 Å². The molecule has 1 nitrogen and oxygen atoms in total. The first kappa shape index (κ1) is 11.3. The lowest BCUT2D eigenvalue weighted by atomic mass is 10.1. The smallest absolute Gasteiger partial charge is 0.175 e. The topological polar surface area (TPSA) is 17.1 Å². The van der Waals surface area contributed by atoms with Crippen LogP contribution in [0.3, 0.4) is 0 Å². The molecule has 4 heteroatoms. The van der Waals surface area contributed by atoms with Crippen LogP contribution in [0.25, 0.3) is 0 Å². The Labute approximate surface area is 103 Å². The fraction of sp³-hybridized carbons (Fsp3) is 0.364. The second kappa shape index (κ2) is 4.77. The lowest BCUT2D eigenvalue weighted by molar-refractivity contribution is 0.0988. The van der Waals surface area contributed by atoms with E-state index in [1.807, 2.05) is 0 Å². The Morgan fingerprint density at radius 1 is 1.27 bits per heavy atom. The van der Waals surface area contributed by atoms with E-state index >= 15 is 0 Å². The number of thioether (sulfide) groups is 1. The number of hydrogen-bond donors (Lipinski definition) is 0. The molecule has 0 radical (unpaired) electrons. The standard InChI is InChI=1S/C11H10Cl2OS/c12-8-4-7(5-9(13)6-8)11(14)10-2-1-3-15-10/h4-6,10H,1-3H2. The molecule has 1 saturated heterocycles. The molecule has 1 aromatic rings. The van der Waals surface area contributed by atoms with Crippen molar-refractivity contribution in [2.24, 2.45) is 0 Å². The Bertz CT molecular complexity index is 366. The summed E-state index contributed by atoms with van der Waals surface area (Å²) < 4.78 is 0. The normalized spacial score (nSPS) is 20.5. The van der Waals surface area contributed by atoms with Crippen molar-refractivity contribution >= 4 is 40.7 Å². The fourth-order valence-electron chi connectivity index (χ4n) is 1.67. The zero-order chi connectivity index (χ0) is 10.8. The monoisotopic (exact) mass is 260 g/mol. The van der Waals surface area contributed by atoms with Crippen molar-refractivity contribution in [3.8, 4) is 0 Å². The van der Waals surface area contributed by atoms with Crippen molar-refractivity contribution in [1.29, 1.82) is 0 Å². The molecule has 0 aliphatic carbocycles. The molecule has 1 atom stereocenters. The summed E-state index contributed by atoms with van der Waals surface area (Å²) in [4.78, 5) is 12.0. The fourth-order valence-corrected chi connectivity index (χ4v) is 3.43. The van der Waals surface area contributed by atoms with E-state index in [0.29, 0.717) is 15.6 Å². The van der Waals surface area contributed by atoms with Crippen molar-refractivity contribution in [3.63, 3.8) is 0 Å². The summed E-state index contributed by atoms with van der Waals surface area (Å²) in [5, 5.41) is 1.14. The molecule has 0 bridgehead atoms. The molecule has 1 heterocycles. The van der Waals surface area contributed by atoms with Gasteiger partial charge in [-0.2, -0.15) is 11.8 Å². The van der Waals surface area contributed by atoms with E-state index in [0.717, 1.165) is 18.6 Å². The molecule has 0 N–H and O–H groups in total. The van der Waals surface area contributed by atoms with Crippen LogP contribution in [0.5, 0.6) is 0 Å². The van der Waals surface area contributed by atoms with Gasteiger partial charge in [0.15, 0.2) is 5.78 Å². The molecule has 1 unspecified atom stereocenters. The second-order valence-corrected chi connectivity index (χ2v) is 5.71. The number of carbonyl (C=O) groups excluding carboxylic acids is 1. The highest BCUT2D eigenvalue weighted by atomic mass is 35.5. The van der Waals surface area contributed by atoms with Crippen molar-refractivity contribution in [2.45, 2.75) is 18.1 Å². The number of hydrogen-bond acceptors (Lipinski definition) is 2. The summed E-state index contributed by atoms with van der Waals surface area (Å²) >= 11 is 13.4. The highest BCUT2D eigenvalue weighted by Crippen LogP contribution is 2.30. The van der Waals surface area contributed by atoms with Gasteiger partial charge in [0.25, 0.3) is 0 Å². The summed E-state index contributed by atoms with van der Waals surface area (Å²) in [6.45, 7) is 0. The Hall–Kier alpha value is -0.180. The molecule has 1 aliphatic heterocycles. The van der Waals surface area contributed by atoms with Gasteiger partial charge in [-0.1, -0.05) is 23.2 Å². The lowest BCUT2D eigenvalue weighted by Gasteiger charge is -2.07. The van der Waals surface area contributed by atoms with Crippen molar-refractivity contribution in [2.75, 3.05) is 5.75 Å². The summed E-state index contributed by atoms with van der Waals surface area (Å²) in [5.41, 5.74) is 0.631. The van der Waals surface area contributed by atoms with Gasteiger partial charge in [-0.3, -0.25) is 4.79 Å². The second-order valence-electron chi connectivity index (χ2n) is 3.52. The van der Waals surface area contributed by atoms with Crippen molar-refractivity contribution in [3.05, 3.63) is 33.8 Å². The van der Waals surface area contributed by atoms with Gasteiger partial charge in [-0.15, -0.1) is 0 Å². The number of carbonyl (C=O) groups is 1.